The second-order valence-electron chi connectivity index (χ2n) is 8.34. The van der Waals surface area contributed by atoms with Crippen LogP contribution in [0, 0.1) is 19.8 Å². The van der Waals surface area contributed by atoms with Crippen molar-refractivity contribution in [2.24, 2.45) is 5.92 Å². The number of hydrogen-bond acceptors (Lipinski definition) is 3. The van der Waals surface area contributed by atoms with Crippen LogP contribution in [0.3, 0.4) is 0 Å². The van der Waals surface area contributed by atoms with Gasteiger partial charge in [0, 0.05) is 38.0 Å². The monoisotopic (exact) mass is 365 g/mol. The highest BCUT2D eigenvalue weighted by Gasteiger charge is 2.25. The summed E-state index contributed by atoms with van der Waals surface area (Å²) in [6.07, 6.45) is 7.19. The summed E-state index contributed by atoms with van der Waals surface area (Å²) in [6.45, 7) is 7.67. The number of pyridine rings is 1. The van der Waals surface area contributed by atoms with E-state index >= 15 is 0 Å². The van der Waals surface area contributed by atoms with Crippen molar-refractivity contribution >= 4 is 22.6 Å². The lowest BCUT2D eigenvalue weighted by Crippen LogP contribution is -2.49. The number of nitrogens with zero attached hydrogens (tertiary/aromatic N) is 3. The summed E-state index contributed by atoms with van der Waals surface area (Å²) in [5, 5.41) is 1.24. The van der Waals surface area contributed by atoms with Gasteiger partial charge in [-0.1, -0.05) is 37.5 Å². The van der Waals surface area contributed by atoms with Gasteiger partial charge in [0.15, 0.2) is 0 Å². The van der Waals surface area contributed by atoms with Crippen molar-refractivity contribution in [3.8, 4) is 0 Å². The Morgan fingerprint density at radius 2 is 1.78 bits per heavy atom. The summed E-state index contributed by atoms with van der Waals surface area (Å²) in [7, 11) is 0. The number of hydrogen-bond donors (Lipinski definition) is 0. The summed E-state index contributed by atoms with van der Waals surface area (Å²) in [4.78, 5) is 22.0. The number of amides is 1. The van der Waals surface area contributed by atoms with E-state index in [0.717, 1.165) is 43.9 Å². The Kier molecular flexibility index (Phi) is 5.33. The van der Waals surface area contributed by atoms with E-state index in [1.165, 1.54) is 48.6 Å². The topological polar surface area (TPSA) is 36.4 Å². The Morgan fingerprint density at radius 3 is 2.52 bits per heavy atom. The zero-order valence-corrected chi connectivity index (χ0v) is 16.7. The number of anilines is 1. The Bertz CT molecular complexity index is 818. The molecule has 1 aromatic heterocycles. The van der Waals surface area contributed by atoms with Crippen LogP contribution >= 0.6 is 0 Å². The second kappa shape index (κ2) is 7.87. The van der Waals surface area contributed by atoms with Crippen LogP contribution < -0.4 is 4.90 Å². The van der Waals surface area contributed by atoms with Crippen molar-refractivity contribution in [1.82, 2.24) is 9.88 Å². The molecule has 2 aliphatic rings. The van der Waals surface area contributed by atoms with Crippen molar-refractivity contribution in [1.29, 1.82) is 0 Å². The molecule has 0 unspecified atom stereocenters. The molecule has 144 valence electrons. The van der Waals surface area contributed by atoms with E-state index in [9.17, 15) is 4.79 Å². The largest absolute Gasteiger partial charge is 0.353 e. The minimum Gasteiger partial charge on any atom is -0.353 e. The van der Waals surface area contributed by atoms with Crippen molar-refractivity contribution < 1.29 is 4.79 Å². The predicted octanol–water partition coefficient (Wildman–Crippen LogP) is 4.47. The molecule has 4 heteroatoms. The van der Waals surface area contributed by atoms with Gasteiger partial charge < -0.3 is 9.80 Å². The molecule has 0 atom stereocenters. The number of carbonyl (C=O) groups is 1. The fraction of sp³-hybridized carbons (Fsp3) is 0.565. The highest BCUT2D eigenvalue weighted by molar-refractivity contribution is 5.86. The van der Waals surface area contributed by atoms with Crippen LogP contribution in [0.15, 0.2) is 24.3 Å². The summed E-state index contributed by atoms with van der Waals surface area (Å²) < 4.78 is 0. The molecule has 1 aliphatic carbocycles. The molecule has 2 heterocycles. The van der Waals surface area contributed by atoms with Gasteiger partial charge in [0.1, 0.15) is 5.82 Å². The number of benzene rings is 1. The number of piperazine rings is 1. The smallest absolute Gasteiger partial charge is 0.222 e. The number of fused-ring (bicyclic) bond motifs is 1. The average Bonchev–Trinajstić information content (AvgIpc) is 2.69. The molecule has 2 fully saturated rings. The number of aryl methyl sites for hydroxylation is 2. The summed E-state index contributed by atoms with van der Waals surface area (Å²) >= 11 is 0. The maximum atomic E-state index is 12.7. The Morgan fingerprint density at radius 1 is 1.04 bits per heavy atom. The van der Waals surface area contributed by atoms with Gasteiger partial charge in [-0.05, 0) is 49.8 Å². The fourth-order valence-corrected chi connectivity index (χ4v) is 4.66. The number of rotatable bonds is 3. The third-order valence-electron chi connectivity index (χ3n) is 6.38. The third kappa shape index (κ3) is 3.95. The predicted molar refractivity (Wildman–Crippen MR) is 111 cm³/mol. The molecule has 2 aromatic rings. The SMILES string of the molecule is Cc1cc(N2CCN(C(=O)CC3CCCCC3)CC2)nc2c(C)cccc12. The first-order valence-electron chi connectivity index (χ1n) is 10.5. The lowest BCUT2D eigenvalue weighted by molar-refractivity contribution is -0.132. The van der Waals surface area contributed by atoms with Crippen LogP contribution in [0.25, 0.3) is 10.9 Å². The van der Waals surface area contributed by atoms with E-state index in [1.54, 1.807) is 0 Å². The third-order valence-corrected chi connectivity index (χ3v) is 6.38. The summed E-state index contributed by atoms with van der Waals surface area (Å²) in [6, 6.07) is 8.57. The van der Waals surface area contributed by atoms with E-state index in [-0.39, 0.29) is 0 Å². The molecule has 0 bridgehead atoms. The molecular weight excluding hydrogens is 334 g/mol. The minimum atomic E-state index is 0.361. The van der Waals surface area contributed by atoms with Crippen LogP contribution in [0.4, 0.5) is 5.82 Å². The second-order valence-corrected chi connectivity index (χ2v) is 8.34. The van der Waals surface area contributed by atoms with Crippen LogP contribution in [0.2, 0.25) is 0 Å². The zero-order valence-electron chi connectivity index (χ0n) is 16.7. The van der Waals surface area contributed by atoms with Gasteiger partial charge in [-0.15, -0.1) is 0 Å². The number of aromatic nitrogens is 1. The van der Waals surface area contributed by atoms with Crippen molar-refractivity contribution in [3.63, 3.8) is 0 Å². The molecule has 0 N–H and O–H groups in total. The van der Waals surface area contributed by atoms with Crippen molar-refractivity contribution in [2.45, 2.75) is 52.4 Å². The van der Waals surface area contributed by atoms with E-state index in [4.69, 9.17) is 4.98 Å². The lowest BCUT2D eigenvalue weighted by atomic mass is 9.86. The number of carbonyl (C=O) groups excluding carboxylic acids is 1. The maximum Gasteiger partial charge on any atom is 0.222 e. The van der Waals surface area contributed by atoms with Gasteiger partial charge in [0.25, 0.3) is 0 Å². The molecule has 0 spiro atoms. The van der Waals surface area contributed by atoms with E-state index in [2.05, 4.69) is 47.9 Å². The Hall–Kier alpha value is -2.10. The van der Waals surface area contributed by atoms with Crippen LogP contribution in [0.5, 0.6) is 0 Å². The molecule has 4 rings (SSSR count). The Labute approximate surface area is 162 Å². The highest BCUT2D eigenvalue weighted by Crippen LogP contribution is 2.28. The quantitative estimate of drug-likeness (QED) is 0.805. The first kappa shape index (κ1) is 18.3. The standard InChI is InChI=1S/C23H31N3O/c1-17-7-6-10-20-18(2)15-21(24-23(17)20)25-11-13-26(14-12-25)22(27)16-19-8-4-3-5-9-19/h6-7,10,15,19H,3-5,8-9,11-14,16H2,1-2H3. The average molecular weight is 366 g/mol. The lowest BCUT2D eigenvalue weighted by Gasteiger charge is -2.36. The number of para-hydroxylation sites is 1. The summed E-state index contributed by atoms with van der Waals surface area (Å²) in [5.74, 6) is 2.03. The fourth-order valence-electron chi connectivity index (χ4n) is 4.66. The maximum absolute atomic E-state index is 12.7. The molecule has 0 radical (unpaired) electrons. The first-order valence-corrected chi connectivity index (χ1v) is 10.5. The van der Waals surface area contributed by atoms with E-state index in [1.807, 2.05) is 0 Å². The van der Waals surface area contributed by atoms with E-state index in [0.29, 0.717) is 11.8 Å². The van der Waals surface area contributed by atoms with Gasteiger partial charge in [0.05, 0.1) is 5.52 Å². The molecule has 1 saturated carbocycles. The van der Waals surface area contributed by atoms with Crippen LogP contribution in [-0.4, -0.2) is 42.0 Å². The van der Waals surface area contributed by atoms with Gasteiger partial charge in [-0.25, -0.2) is 4.98 Å². The zero-order chi connectivity index (χ0) is 18.8. The van der Waals surface area contributed by atoms with Crippen molar-refractivity contribution in [3.05, 3.63) is 35.4 Å². The van der Waals surface area contributed by atoms with E-state index < -0.39 is 0 Å². The molecule has 1 aromatic carbocycles. The minimum absolute atomic E-state index is 0.361. The van der Waals surface area contributed by atoms with Gasteiger partial charge in [0.2, 0.25) is 5.91 Å². The van der Waals surface area contributed by atoms with Crippen LogP contribution in [0.1, 0.15) is 49.7 Å². The molecule has 1 amide bonds. The highest BCUT2D eigenvalue weighted by atomic mass is 16.2. The van der Waals surface area contributed by atoms with Crippen molar-refractivity contribution in [2.75, 3.05) is 31.1 Å². The van der Waals surface area contributed by atoms with Gasteiger partial charge in [-0.2, -0.15) is 0 Å². The molecule has 27 heavy (non-hydrogen) atoms. The normalized spacial score (nSPS) is 18.9. The first-order chi connectivity index (χ1) is 13.1. The van der Waals surface area contributed by atoms with Gasteiger partial charge >= 0.3 is 0 Å². The molecule has 1 saturated heterocycles. The van der Waals surface area contributed by atoms with Crippen LogP contribution in [-0.2, 0) is 4.79 Å². The Balaban J connectivity index is 1.41. The van der Waals surface area contributed by atoms with Gasteiger partial charge in [-0.3, -0.25) is 4.79 Å². The summed E-state index contributed by atoms with van der Waals surface area (Å²) in [5.41, 5.74) is 3.59. The molecule has 4 nitrogen and oxygen atoms in total. The molecular formula is C23H31N3O. The molecule has 1 aliphatic heterocycles.